The van der Waals surface area contributed by atoms with Crippen LogP contribution in [0, 0.1) is 0 Å². The molecule has 2 amide bonds. The maximum absolute atomic E-state index is 12.7. The molecule has 0 fully saturated rings. The fourth-order valence-corrected chi connectivity index (χ4v) is 9.60. The Morgan fingerprint density at radius 2 is 0.589 bits per heavy atom. The summed E-state index contributed by atoms with van der Waals surface area (Å²) in [5.41, 5.74) is 0. The van der Waals surface area contributed by atoms with Crippen molar-refractivity contribution in [3.63, 3.8) is 0 Å². The molecule has 73 heavy (non-hydrogen) atoms. The van der Waals surface area contributed by atoms with E-state index in [1.165, 1.54) is 143 Å². The van der Waals surface area contributed by atoms with Crippen molar-refractivity contribution in [2.75, 3.05) is 98.4 Å². The number of carbonyl (C=O) groups is 5. The standard InChI is InChI=1S/C50H99N5O16P2/c1-3-5-7-9-11-13-15-17-19-21-23-25-27-29-37-68-72(64,65)70-39-31-51-46(56)41-54(44-49(60)61)35-33-53(43-48(58)59)34-36-55(45-50(62)63)42-47(57)52-32-40-71-73(66,67)69-38-30-28-26-24-22-20-18-16-14-12-10-8-6-4-2/h3-45H2,1-2H3,(H,51,56)(H,52,57)(H,58,59)(H,60,61)(H,62,63)(H,64,65)(H,66,67). The van der Waals surface area contributed by atoms with Crippen LogP contribution in [0.1, 0.15) is 194 Å². The Labute approximate surface area is 437 Å². The van der Waals surface area contributed by atoms with E-state index in [0.29, 0.717) is 12.8 Å². The predicted molar refractivity (Wildman–Crippen MR) is 282 cm³/mol. The van der Waals surface area contributed by atoms with Gasteiger partial charge in [0.05, 0.1) is 59.2 Å². The van der Waals surface area contributed by atoms with Crippen molar-refractivity contribution < 1.29 is 76.3 Å². The topological polar surface area (TPSA) is 291 Å². The third-order valence-corrected chi connectivity index (χ3v) is 14.2. The van der Waals surface area contributed by atoms with E-state index in [2.05, 4.69) is 24.5 Å². The first-order valence-corrected chi connectivity index (χ1v) is 30.6. The maximum atomic E-state index is 12.7. The van der Waals surface area contributed by atoms with Crippen molar-refractivity contribution in [3.8, 4) is 0 Å². The summed E-state index contributed by atoms with van der Waals surface area (Å²) >= 11 is 0. The molecule has 0 spiro atoms. The van der Waals surface area contributed by atoms with E-state index < -0.39 is 78.1 Å². The fraction of sp³-hybridized carbons (Fsp3) is 0.900. The van der Waals surface area contributed by atoms with E-state index in [4.69, 9.17) is 18.1 Å². The number of hydrogen-bond donors (Lipinski definition) is 7. The first kappa shape index (κ1) is 70.5. The van der Waals surface area contributed by atoms with E-state index >= 15 is 0 Å². The van der Waals surface area contributed by atoms with Crippen molar-refractivity contribution in [3.05, 3.63) is 0 Å². The number of aliphatic carboxylic acids is 3. The average Bonchev–Trinajstić information content (AvgIpc) is 3.32. The van der Waals surface area contributed by atoms with Crippen LogP contribution in [0.4, 0.5) is 0 Å². The van der Waals surface area contributed by atoms with Gasteiger partial charge in [0.25, 0.3) is 0 Å². The second-order valence-electron chi connectivity index (χ2n) is 19.0. The summed E-state index contributed by atoms with van der Waals surface area (Å²) in [6, 6.07) is 0. The minimum Gasteiger partial charge on any atom is -0.480 e. The smallest absolute Gasteiger partial charge is 0.472 e. The number of carboxylic acid groups (broad SMARTS) is 3. The number of phosphoric ester groups is 2. The van der Waals surface area contributed by atoms with Crippen molar-refractivity contribution in [1.29, 1.82) is 0 Å². The SMILES string of the molecule is CCCCCCCCCCCCCCCCOP(=O)(O)OCCNC(=O)CN(CCN(CCN(CC(=O)O)CC(=O)NCCOP(=O)(O)OCCCCCCCCCCCCCCCC)CC(=O)O)CC(=O)O. The zero-order chi connectivity index (χ0) is 54.3. The second kappa shape index (κ2) is 47.9. The highest BCUT2D eigenvalue weighted by Gasteiger charge is 2.23. The van der Waals surface area contributed by atoms with Crippen molar-refractivity contribution in [2.24, 2.45) is 0 Å². The number of nitrogens with zero attached hydrogens (tertiary/aromatic N) is 3. The molecule has 21 nitrogen and oxygen atoms in total. The predicted octanol–water partition coefficient (Wildman–Crippen LogP) is 8.61. The van der Waals surface area contributed by atoms with Crippen LogP contribution >= 0.6 is 15.6 Å². The lowest BCUT2D eigenvalue weighted by Crippen LogP contribution is -2.47. The number of amides is 2. The Morgan fingerprint density at radius 3 is 0.863 bits per heavy atom. The van der Waals surface area contributed by atoms with Gasteiger partial charge in [0.1, 0.15) is 0 Å². The molecule has 2 unspecified atom stereocenters. The third kappa shape index (κ3) is 50.1. The number of nitrogens with one attached hydrogen (secondary N) is 2. The van der Waals surface area contributed by atoms with Gasteiger partial charge in [-0.1, -0.05) is 181 Å². The van der Waals surface area contributed by atoms with Crippen LogP contribution in [0.2, 0.25) is 0 Å². The Bertz CT molecular complexity index is 1420. The number of carboxylic acids is 3. The van der Waals surface area contributed by atoms with Crippen molar-refractivity contribution in [1.82, 2.24) is 25.3 Å². The summed E-state index contributed by atoms with van der Waals surface area (Å²) < 4.78 is 44.6. The van der Waals surface area contributed by atoms with Crippen LogP contribution in [0.15, 0.2) is 0 Å². The molecule has 0 bridgehead atoms. The van der Waals surface area contributed by atoms with Gasteiger partial charge in [-0.3, -0.25) is 56.8 Å². The molecule has 0 radical (unpaired) electrons. The lowest BCUT2D eigenvalue weighted by atomic mass is 10.0. The van der Waals surface area contributed by atoms with E-state index in [9.17, 15) is 58.2 Å². The fourth-order valence-electron chi connectivity index (χ4n) is 8.09. The van der Waals surface area contributed by atoms with Crippen LogP contribution in [0.3, 0.4) is 0 Å². The zero-order valence-corrected chi connectivity index (χ0v) is 46.7. The maximum Gasteiger partial charge on any atom is 0.472 e. The second-order valence-corrected chi connectivity index (χ2v) is 21.9. The van der Waals surface area contributed by atoms with Gasteiger partial charge in [-0.2, -0.15) is 0 Å². The first-order valence-electron chi connectivity index (χ1n) is 27.6. The van der Waals surface area contributed by atoms with Gasteiger partial charge in [-0.05, 0) is 12.8 Å². The summed E-state index contributed by atoms with van der Waals surface area (Å²) in [5.74, 6) is -4.97. The van der Waals surface area contributed by atoms with Gasteiger partial charge in [-0.15, -0.1) is 0 Å². The Balaban J connectivity index is 4.55. The molecule has 2 atom stereocenters. The van der Waals surface area contributed by atoms with E-state index in [1.807, 2.05) is 0 Å². The average molecular weight is 1090 g/mol. The summed E-state index contributed by atoms with van der Waals surface area (Å²) in [5, 5.41) is 33.5. The Hall–Kier alpha value is -2.55. The number of rotatable bonds is 56. The molecule has 0 heterocycles. The third-order valence-electron chi connectivity index (χ3n) is 12.1. The van der Waals surface area contributed by atoms with Crippen LogP contribution in [0.25, 0.3) is 0 Å². The minimum absolute atomic E-state index is 0.0482. The van der Waals surface area contributed by atoms with Crippen LogP contribution in [-0.2, 0) is 51.2 Å². The molecule has 0 saturated heterocycles. The molecular formula is C50H99N5O16P2. The number of hydrogen-bond acceptors (Lipinski definition) is 14. The van der Waals surface area contributed by atoms with Crippen molar-refractivity contribution in [2.45, 2.75) is 194 Å². The largest absolute Gasteiger partial charge is 0.480 e. The molecule has 430 valence electrons. The van der Waals surface area contributed by atoms with Gasteiger partial charge in [0.2, 0.25) is 11.8 Å². The molecule has 0 aromatic rings. The summed E-state index contributed by atoms with van der Waals surface area (Å²) in [7, 11) is -8.70. The lowest BCUT2D eigenvalue weighted by molar-refractivity contribution is -0.141. The summed E-state index contributed by atoms with van der Waals surface area (Å²) in [6.45, 7) is 0.777. The zero-order valence-electron chi connectivity index (χ0n) is 44.9. The van der Waals surface area contributed by atoms with E-state index in [1.54, 1.807) is 0 Å². The van der Waals surface area contributed by atoms with E-state index in [0.717, 1.165) is 38.5 Å². The number of carbonyl (C=O) groups excluding carboxylic acids is 2. The lowest BCUT2D eigenvalue weighted by Gasteiger charge is -2.28. The quantitative estimate of drug-likeness (QED) is 0.0221. The number of phosphoric acid groups is 2. The van der Waals surface area contributed by atoms with E-state index in [-0.39, 0.29) is 65.7 Å². The molecule has 0 rings (SSSR count). The molecule has 7 N–H and O–H groups in total. The minimum atomic E-state index is -4.35. The van der Waals surface area contributed by atoms with Crippen LogP contribution in [0.5, 0.6) is 0 Å². The monoisotopic (exact) mass is 1090 g/mol. The molecule has 23 heteroatoms. The molecule has 0 aromatic carbocycles. The van der Waals surface area contributed by atoms with Crippen LogP contribution < -0.4 is 10.6 Å². The Kier molecular flexibility index (Phi) is 46.2. The van der Waals surface area contributed by atoms with Gasteiger partial charge in [0.15, 0.2) is 0 Å². The van der Waals surface area contributed by atoms with Gasteiger partial charge < -0.3 is 35.7 Å². The highest BCUT2D eigenvalue weighted by atomic mass is 31.2. The van der Waals surface area contributed by atoms with Crippen molar-refractivity contribution >= 4 is 45.4 Å². The molecular weight excluding hydrogens is 989 g/mol. The van der Waals surface area contributed by atoms with Gasteiger partial charge >= 0.3 is 33.6 Å². The molecule has 0 aliphatic heterocycles. The van der Waals surface area contributed by atoms with Crippen LogP contribution in [-0.4, -0.2) is 168 Å². The number of unbranched alkanes of at least 4 members (excludes halogenated alkanes) is 26. The summed E-state index contributed by atoms with van der Waals surface area (Å²) in [4.78, 5) is 84.3. The Morgan fingerprint density at radius 1 is 0.356 bits per heavy atom. The molecule has 0 aliphatic rings. The highest BCUT2D eigenvalue weighted by molar-refractivity contribution is 7.47. The molecule has 0 aromatic heterocycles. The molecule has 0 saturated carbocycles. The normalized spacial score (nSPS) is 13.4. The first-order chi connectivity index (χ1) is 35.0. The van der Waals surface area contributed by atoms with Gasteiger partial charge in [-0.25, -0.2) is 9.13 Å². The summed E-state index contributed by atoms with van der Waals surface area (Å²) in [6.07, 6.45) is 32.9. The highest BCUT2D eigenvalue weighted by Crippen LogP contribution is 2.43. The molecule has 0 aliphatic carbocycles. The van der Waals surface area contributed by atoms with Gasteiger partial charge in [0, 0.05) is 39.3 Å².